The van der Waals surface area contributed by atoms with Crippen molar-refractivity contribution in [1.29, 1.82) is 0 Å². The van der Waals surface area contributed by atoms with Gasteiger partial charge in [0.15, 0.2) is 5.75 Å². The molecule has 2 aromatic rings. The van der Waals surface area contributed by atoms with Crippen LogP contribution in [0.4, 0.5) is 0 Å². The van der Waals surface area contributed by atoms with Crippen LogP contribution in [0.2, 0.25) is 0 Å². The minimum atomic E-state index is -0.338. The molecule has 2 aliphatic heterocycles. The molecule has 1 atom stereocenters. The third-order valence-electron chi connectivity index (χ3n) is 5.76. The number of amides is 3. The smallest absolute Gasteiger partial charge is 0.270 e. The number of hydrogen-bond donors (Lipinski definition) is 2. The molecule has 168 valence electrons. The second-order valence-electron chi connectivity index (χ2n) is 7.98. The summed E-state index contributed by atoms with van der Waals surface area (Å²) >= 11 is 0. The van der Waals surface area contributed by atoms with Crippen molar-refractivity contribution < 1.29 is 19.1 Å². The van der Waals surface area contributed by atoms with Crippen molar-refractivity contribution in [2.24, 2.45) is 5.92 Å². The van der Waals surface area contributed by atoms with Gasteiger partial charge in [-0.3, -0.25) is 19.2 Å². The molecule has 3 heterocycles. The van der Waals surface area contributed by atoms with E-state index in [1.165, 1.54) is 6.07 Å². The SMILES string of the molecule is O=C1CCC(C(=O)NCCN2CCn3cc(OCc4ccccc4)c(=O)cc3C2=O)CN1. The molecule has 1 saturated heterocycles. The Labute approximate surface area is 185 Å². The minimum Gasteiger partial charge on any atom is -0.483 e. The van der Waals surface area contributed by atoms with Crippen LogP contribution in [0.5, 0.6) is 5.75 Å². The fourth-order valence-electron chi connectivity index (χ4n) is 3.89. The lowest BCUT2D eigenvalue weighted by molar-refractivity contribution is -0.128. The molecular formula is C23H26N4O5. The number of benzene rings is 1. The first-order valence-corrected chi connectivity index (χ1v) is 10.8. The quantitative estimate of drug-likeness (QED) is 0.655. The summed E-state index contributed by atoms with van der Waals surface area (Å²) in [6.07, 6.45) is 2.48. The van der Waals surface area contributed by atoms with Crippen molar-refractivity contribution in [3.05, 3.63) is 64.1 Å². The summed E-state index contributed by atoms with van der Waals surface area (Å²) < 4.78 is 7.41. The molecule has 3 amide bonds. The summed E-state index contributed by atoms with van der Waals surface area (Å²) in [4.78, 5) is 50.4. The molecule has 1 aromatic heterocycles. The molecular weight excluding hydrogens is 412 g/mol. The highest BCUT2D eigenvalue weighted by Crippen LogP contribution is 2.16. The molecule has 0 spiro atoms. The Balaban J connectivity index is 1.32. The third-order valence-corrected chi connectivity index (χ3v) is 5.76. The predicted octanol–water partition coefficient (Wildman–Crippen LogP) is 0.526. The Morgan fingerprint density at radius 2 is 1.97 bits per heavy atom. The predicted molar refractivity (Wildman–Crippen MR) is 116 cm³/mol. The minimum absolute atomic E-state index is 0.0319. The van der Waals surface area contributed by atoms with Gasteiger partial charge in [-0.25, -0.2) is 0 Å². The van der Waals surface area contributed by atoms with E-state index in [4.69, 9.17) is 4.74 Å². The van der Waals surface area contributed by atoms with E-state index in [1.54, 1.807) is 15.7 Å². The molecule has 0 aliphatic carbocycles. The van der Waals surface area contributed by atoms with Gasteiger partial charge in [0.1, 0.15) is 12.3 Å². The van der Waals surface area contributed by atoms with Crippen molar-refractivity contribution in [3.8, 4) is 5.75 Å². The summed E-state index contributed by atoms with van der Waals surface area (Å²) in [5, 5.41) is 5.53. The van der Waals surface area contributed by atoms with Gasteiger partial charge in [-0.15, -0.1) is 0 Å². The second-order valence-corrected chi connectivity index (χ2v) is 7.98. The molecule has 32 heavy (non-hydrogen) atoms. The van der Waals surface area contributed by atoms with Gasteiger partial charge < -0.3 is 24.8 Å². The summed E-state index contributed by atoms with van der Waals surface area (Å²) in [6.45, 7) is 2.30. The van der Waals surface area contributed by atoms with E-state index in [0.717, 1.165) is 5.56 Å². The lowest BCUT2D eigenvalue weighted by Crippen LogP contribution is -2.47. The molecule has 1 aromatic carbocycles. The van der Waals surface area contributed by atoms with Crippen LogP contribution in [0.1, 0.15) is 28.9 Å². The highest BCUT2D eigenvalue weighted by atomic mass is 16.5. The number of fused-ring (bicyclic) bond motifs is 1. The average molecular weight is 438 g/mol. The third kappa shape index (κ3) is 4.99. The number of rotatable bonds is 7. The van der Waals surface area contributed by atoms with Crippen molar-refractivity contribution in [2.75, 3.05) is 26.2 Å². The zero-order valence-electron chi connectivity index (χ0n) is 17.7. The Bertz CT molecular complexity index is 1060. The monoisotopic (exact) mass is 438 g/mol. The zero-order valence-corrected chi connectivity index (χ0v) is 17.7. The first-order chi connectivity index (χ1) is 15.5. The van der Waals surface area contributed by atoms with E-state index in [1.807, 2.05) is 30.3 Å². The number of piperidine rings is 1. The van der Waals surface area contributed by atoms with E-state index in [9.17, 15) is 19.2 Å². The number of nitrogens with zero attached hydrogens (tertiary/aromatic N) is 2. The van der Waals surface area contributed by atoms with Gasteiger partial charge in [0.25, 0.3) is 5.91 Å². The number of aromatic nitrogens is 1. The second kappa shape index (κ2) is 9.67. The average Bonchev–Trinajstić information content (AvgIpc) is 2.81. The Morgan fingerprint density at radius 3 is 2.72 bits per heavy atom. The molecule has 9 nitrogen and oxygen atoms in total. The highest BCUT2D eigenvalue weighted by Gasteiger charge is 2.27. The van der Waals surface area contributed by atoms with E-state index in [2.05, 4.69) is 10.6 Å². The lowest BCUT2D eigenvalue weighted by atomic mass is 9.98. The van der Waals surface area contributed by atoms with E-state index in [0.29, 0.717) is 51.3 Å². The van der Waals surface area contributed by atoms with E-state index >= 15 is 0 Å². The van der Waals surface area contributed by atoms with Crippen molar-refractivity contribution in [1.82, 2.24) is 20.1 Å². The van der Waals surface area contributed by atoms with Crippen LogP contribution in [0, 0.1) is 5.92 Å². The Hall–Kier alpha value is -3.62. The number of ether oxygens (including phenoxy) is 1. The number of pyridine rings is 1. The van der Waals surface area contributed by atoms with E-state index < -0.39 is 0 Å². The number of carbonyl (C=O) groups excluding carboxylic acids is 3. The molecule has 2 aliphatic rings. The van der Waals surface area contributed by atoms with Gasteiger partial charge in [-0.05, 0) is 12.0 Å². The Morgan fingerprint density at radius 1 is 1.16 bits per heavy atom. The van der Waals surface area contributed by atoms with Gasteiger partial charge in [0.2, 0.25) is 17.2 Å². The number of hydrogen-bond acceptors (Lipinski definition) is 5. The largest absolute Gasteiger partial charge is 0.483 e. The van der Waals surface area contributed by atoms with Crippen LogP contribution in [0.25, 0.3) is 0 Å². The van der Waals surface area contributed by atoms with Gasteiger partial charge >= 0.3 is 0 Å². The number of carbonyl (C=O) groups is 3. The molecule has 1 fully saturated rings. The fraction of sp³-hybridized carbons (Fsp3) is 0.391. The maximum Gasteiger partial charge on any atom is 0.270 e. The van der Waals surface area contributed by atoms with Crippen LogP contribution < -0.4 is 20.8 Å². The van der Waals surface area contributed by atoms with Crippen molar-refractivity contribution >= 4 is 17.7 Å². The van der Waals surface area contributed by atoms with Crippen LogP contribution >= 0.6 is 0 Å². The summed E-state index contributed by atoms with van der Waals surface area (Å²) in [5.74, 6) is -0.423. The molecule has 1 unspecified atom stereocenters. The van der Waals surface area contributed by atoms with Gasteiger partial charge in [-0.2, -0.15) is 0 Å². The first kappa shape index (κ1) is 21.6. The summed E-state index contributed by atoms with van der Waals surface area (Å²) in [7, 11) is 0. The standard InChI is InChI=1S/C23H26N4O5/c28-19-12-18-23(31)26(9-8-24-22(30)17-6-7-21(29)25-13-17)10-11-27(18)14-20(19)32-15-16-4-2-1-3-5-16/h1-5,12,14,17H,6-11,13,15H2,(H,24,30)(H,25,29). The van der Waals surface area contributed by atoms with Crippen LogP contribution in [0.3, 0.4) is 0 Å². The van der Waals surface area contributed by atoms with E-state index in [-0.39, 0.29) is 41.4 Å². The van der Waals surface area contributed by atoms with Gasteiger partial charge in [0.05, 0.1) is 12.1 Å². The first-order valence-electron chi connectivity index (χ1n) is 10.8. The molecule has 4 rings (SSSR count). The molecule has 9 heteroatoms. The maximum absolute atomic E-state index is 12.8. The maximum atomic E-state index is 12.8. The molecule has 0 saturated carbocycles. The molecule has 2 N–H and O–H groups in total. The normalized spacial score (nSPS) is 18.0. The van der Waals surface area contributed by atoms with Gasteiger partial charge in [-0.1, -0.05) is 30.3 Å². The lowest BCUT2D eigenvalue weighted by Gasteiger charge is -2.30. The summed E-state index contributed by atoms with van der Waals surface area (Å²) in [6, 6.07) is 10.9. The topological polar surface area (TPSA) is 110 Å². The molecule has 0 radical (unpaired) electrons. The Kier molecular flexibility index (Phi) is 6.53. The number of nitrogens with one attached hydrogen (secondary N) is 2. The van der Waals surface area contributed by atoms with Crippen molar-refractivity contribution in [3.63, 3.8) is 0 Å². The van der Waals surface area contributed by atoms with Gasteiger partial charge in [0, 0.05) is 45.2 Å². The van der Waals surface area contributed by atoms with Crippen molar-refractivity contribution in [2.45, 2.75) is 26.0 Å². The molecule has 0 bridgehead atoms. The van der Waals surface area contributed by atoms with Crippen LogP contribution in [-0.2, 0) is 22.7 Å². The highest BCUT2D eigenvalue weighted by molar-refractivity contribution is 5.93. The van der Waals surface area contributed by atoms with Crippen LogP contribution in [0.15, 0.2) is 47.4 Å². The summed E-state index contributed by atoms with van der Waals surface area (Å²) in [5.41, 5.74) is 0.930. The fourth-order valence-corrected chi connectivity index (χ4v) is 3.89. The zero-order chi connectivity index (χ0) is 22.5. The van der Waals surface area contributed by atoms with Crippen LogP contribution in [-0.4, -0.2) is 53.4 Å².